The number of carbonyl (C=O) groups excluding carboxylic acids is 5. The molecule has 19 heteroatoms. The van der Waals surface area contributed by atoms with E-state index in [-0.39, 0.29) is 53.4 Å². The number of imide groups is 2. The Balaban J connectivity index is 0.677. The van der Waals surface area contributed by atoms with Crippen molar-refractivity contribution in [3.8, 4) is 0 Å². The first-order chi connectivity index (χ1) is 32.0. The van der Waals surface area contributed by atoms with Crippen molar-refractivity contribution in [2.24, 2.45) is 5.92 Å². The number of ether oxygens (including phenoxy) is 1. The molecule has 344 valence electrons. The fourth-order valence-electron chi connectivity index (χ4n) is 10.2. The molecule has 5 aromatic rings. The van der Waals surface area contributed by atoms with Gasteiger partial charge >= 0.3 is 0 Å². The Labute approximate surface area is 378 Å². The number of carbonyl (C=O) groups is 5. The van der Waals surface area contributed by atoms with Crippen LogP contribution in [0.25, 0.3) is 5.65 Å². The smallest absolute Gasteiger partial charge is 0.284 e. The van der Waals surface area contributed by atoms with Crippen molar-refractivity contribution in [2.75, 3.05) is 55.4 Å². The highest BCUT2D eigenvalue weighted by atomic mass is 19.3. The maximum Gasteiger partial charge on any atom is 0.284 e. The number of anilines is 3. The molecule has 10 rings (SSSR count). The predicted octanol–water partition coefficient (Wildman–Crippen LogP) is 5.05. The summed E-state index contributed by atoms with van der Waals surface area (Å²) in [5.41, 5.74) is 3.40. The van der Waals surface area contributed by atoms with E-state index in [1.165, 1.54) is 22.5 Å². The fraction of sp³-hybridized carbons (Fsp3) is 0.447. The lowest BCUT2D eigenvalue weighted by Crippen LogP contribution is -2.54. The number of likely N-dealkylation sites (N-methyl/N-ethyl adjacent to an activating group) is 1. The summed E-state index contributed by atoms with van der Waals surface area (Å²) in [6.07, 6.45) is 8.10. The van der Waals surface area contributed by atoms with Crippen molar-refractivity contribution in [3.63, 3.8) is 0 Å². The molecule has 2 aromatic carbocycles. The zero-order valence-corrected chi connectivity index (χ0v) is 36.5. The van der Waals surface area contributed by atoms with Crippen LogP contribution in [-0.4, -0.2) is 122 Å². The molecule has 4 fully saturated rings. The Morgan fingerprint density at radius 3 is 2.47 bits per heavy atom. The molecule has 0 spiro atoms. The topological polar surface area (TPSA) is 188 Å². The SMILES string of the molecule is CN(CCc1ccc(CCNc2cccc3c2C(=O)N(C2CCC(=O)NC2=O)C3=O)cc1)CC1CCC(n2cc(NC(=O)c3cnn4ccc(N5C[C@H]6C[C@@H]5CO6)nc34)c(C(F)F)n2)CC1. The van der Waals surface area contributed by atoms with Gasteiger partial charge in [-0.25, -0.2) is 18.3 Å². The van der Waals surface area contributed by atoms with Crippen LogP contribution in [-0.2, 0) is 27.2 Å². The minimum atomic E-state index is -2.87. The molecular formula is C47H51F2N11O6. The number of amides is 5. The monoisotopic (exact) mass is 903 g/mol. The van der Waals surface area contributed by atoms with Gasteiger partial charge in [0, 0.05) is 50.7 Å². The molecule has 5 amide bonds. The Bertz CT molecular complexity index is 2700. The van der Waals surface area contributed by atoms with Crippen molar-refractivity contribution in [1.82, 2.24) is 39.5 Å². The molecule has 4 aliphatic heterocycles. The molecule has 66 heavy (non-hydrogen) atoms. The van der Waals surface area contributed by atoms with E-state index >= 15 is 0 Å². The van der Waals surface area contributed by atoms with E-state index in [9.17, 15) is 32.8 Å². The van der Waals surface area contributed by atoms with Crippen LogP contribution in [0.1, 0.15) is 105 Å². The molecule has 17 nitrogen and oxygen atoms in total. The second-order valence-electron chi connectivity index (χ2n) is 18.1. The standard InChI is InChI=1S/C47H51F2N11O6/c1-56(19-16-28-7-5-27(6-8-28)15-18-50-35-4-2-3-33-40(35)47(65)60(46(33)64)37-13-14-39(61)54-45(37)63)23-29-9-11-30(12-10-29)59-25-36(41(55-59)42(48)49)52-44(62)34-22-51-58-20-17-38(53-43(34)58)57-24-32-21-31(57)26-66-32/h2-8,17,20,22,25,29-32,37,42,50H,9-16,18-19,21,23-24,26H2,1H3,(H,52,62)(H,54,61,63)/t29?,30?,31-,32-,37?/m1/s1. The number of nitrogens with zero attached hydrogens (tertiary/aromatic N) is 8. The van der Waals surface area contributed by atoms with Crippen LogP contribution in [0.4, 0.5) is 26.0 Å². The highest BCUT2D eigenvalue weighted by molar-refractivity contribution is 6.25. The third-order valence-electron chi connectivity index (χ3n) is 13.8. The highest BCUT2D eigenvalue weighted by Gasteiger charge is 2.46. The molecule has 3 N–H and O–H groups in total. The number of halogens is 2. The van der Waals surface area contributed by atoms with Crippen molar-refractivity contribution >= 4 is 52.4 Å². The van der Waals surface area contributed by atoms with Gasteiger partial charge < -0.3 is 25.2 Å². The summed E-state index contributed by atoms with van der Waals surface area (Å²) < 4.78 is 37.4. The molecule has 2 bridgehead atoms. The predicted molar refractivity (Wildman–Crippen MR) is 238 cm³/mol. The lowest BCUT2D eigenvalue weighted by Gasteiger charge is -2.31. The summed E-state index contributed by atoms with van der Waals surface area (Å²) in [6.45, 7) is 3.69. The number of piperidine rings is 1. The number of hydrogen-bond donors (Lipinski definition) is 3. The first-order valence-electron chi connectivity index (χ1n) is 22.7. The van der Waals surface area contributed by atoms with Gasteiger partial charge in [-0.2, -0.15) is 10.2 Å². The van der Waals surface area contributed by atoms with E-state index < -0.39 is 47.7 Å². The molecule has 1 aliphatic carbocycles. The average molecular weight is 904 g/mol. The van der Waals surface area contributed by atoms with Gasteiger partial charge in [-0.15, -0.1) is 0 Å². The molecule has 3 atom stereocenters. The number of benzene rings is 2. The second-order valence-corrected chi connectivity index (χ2v) is 18.1. The summed E-state index contributed by atoms with van der Waals surface area (Å²) in [5, 5.41) is 16.8. The minimum Gasteiger partial charge on any atom is -0.384 e. The normalized spacial score (nSPS) is 22.8. The number of alkyl halides is 2. The summed E-state index contributed by atoms with van der Waals surface area (Å²) in [7, 11) is 2.12. The van der Waals surface area contributed by atoms with Gasteiger partial charge in [0.25, 0.3) is 24.1 Å². The molecule has 3 saturated heterocycles. The Morgan fingerprint density at radius 2 is 1.74 bits per heavy atom. The average Bonchev–Trinajstić information content (AvgIpc) is 4.17. The van der Waals surface area contributed by atoms with Crippen molar-refractivity contribution in [1.29, 1.82) is 0 Å². The van der Waals surface area contributed by atoms with Crippen LogP contribution >= 0.6 is 0 Å². The fourth-order valence-corrected chi connectivity index (χ4v) is 10.2. The van der Waals surface area contributed by atoms with E-state index in [4.69, 9.17) is 9.72 Å². The summed E-state index contributed by atoms with van der Waals surface area (Å²) in [6, 6.07) is 14.5. The zero-order chi connectivity index (χ0) is 45.6. The first kappa shape index (κ1) is 43.3. The maximum atomic E-state index is 14.3. The highest BCUT2D eigenvalue weighted by Crippen LogP contribution is 2.37. The third kappa shape index (κ3) is 8.52. The maximum absolute atomic E-state index is 14.3. The Morgan fingerprint density at radius 1 is 0.955 bits per heavy atom. The van der Waals surface area contributed by atoms with Crippen LogP contribution < -0.4 is 20.9 Å². The number of morpholine rings is 1. The number of nitrogens with one attached hydrogen (secondary N) is 3. The van der Waals surface area contributed by atoms with Crippen molar-refractivity contribution < 1.29 is 37.5 Å². The van der Waals surface area contributed by atoms with Gasteiger partial charge in [-0.1, -0.05) is 30.3 Å². The van der Waals surface area contributed by atoms with Crippen LogP contribution in [0, 0.1) is 5.92 Å². The largest absolute Gasteiger partial charge is 0.384 e. The van der Waals surface area contributed by atoms with Gasteiger partial charge in [0.15, 0.2) is 11.3 Å². The van der Waals surface area contributed by atoms with E-state index in [1.54, 1.807) is 29.1 Å². The van der Waals surface area contributed by atoms with Gasteiger partial charge in [0.05, 0.1) is 47.8 Å². The van der Waals surface area contributed by atoms with Crippen LogP contribution in [0.2, 0.25) is 0 Å². The van der Waals surface area contributed by atoms with E-state index in [0.717, 1.165) is 74.4 Å². The van der Waals surface area contributed by atoms with Crippen LogP contribution in [0.3, 0.4) is 0 Å². The molecule has 7 heterocycles. The summed E-state index contributed by atoms with van der Waals surface area (Å²) in [5.74, 6) is -1.52. The van der Waals surface area contributed by atoms with Gasteiger partial charge in [-0.3, -0.25) is 38.9 Å². The van der Waals surface area contributed by atoms with Gasteiger partial charge in [0.2, 0.25) is 11.8 Å². The van der Waals surface area contributed by atoms with Gasteiger partial charge in [0.1, 0.15) is 17.4 Å². The molecule has 0 radical (unpaired) electrons. The molecule has 5 aliphatic rings. The first-order valence-corrected chi connectivity index (χ1v) is 22.7. The lowest BCUT2D eigenvalue weighted by atomic mass is 9.86. The number of hydrogen-bond acceptors (Lipinski definition) is 12. The van der Waals surface area contributed by atoms with E-state index in [1.807, 2.05) is 6.07 Å². The molecule has 1 unspecified atom stereocenters. The zero-order valence-electron chi connectivity index (χ0n) is 36.5. The van der Waals surface area contributed by atoms with E-state index in [0.29, 0.717) is 36.8 Å². The number of fused-ring (bicyclic) bond motifs is 4. The summed E-state index contributed by atoms with van der Waals surface area (Å²) >= 11 is 0. The Kier molecular flexibility index (Phi) is 11.8. The van der Waals surface area contributed by atoms with Gasteiger partial charge in [-0.05, 0) is 93.7 Å². The lowest BCUT2D eigenvalue weighted by molar-refractivity contribution is -0.136. The minimum absolute atomic E-state index is 0.0147. The second kappa shape index (κ2) is 18.0. The molecular weight excluding hydrogens is 853 g/mol. The summed E-state index contributed by atoms with van der Waals surface area (Å²) in [4.78, 5) is 74.5. The van der Waals surface area contributed by atoms with Crippen molar-refractivity contribution in [2.45, 2.75) is 88.4 Å². The van der Waals surface area contributed by atoms with Crippen molar-refractivity contribution in [3.05, 3.63) is 101 Å². The molecule has 3 aromatic heterocycles. The third-order valence-corrected chi connectivity index (χ3v) is 13.8. The Hall–Kier alpha value is -6.60. The van der Waals surface area contributed by atoms with Crippen LogP contribution in [0.15, 0.2) is 67.1 Å². The number of aromatic nitrogens is 5. The van der Waals surface area contributed by atoms with E-state index in [2.05, 4.69) is 67.3 Å². The van der Waals surface area contributed by atoms with Crippen LogP contribution in [0.5, 0.6) is 0 Å². The number of rotatable bonds is 15. The quantitative estimate of drug-likeness (QED) is 0.119. The molecule has 1 saturated carbocycles.